The van der Waals surface area contributed by atoms with Gasteiger partial charge in [-0.3, -0.25) is 0 Å². The molecule has 0 aliphatic heterocycles. The van der Waals surface area contributed by atoms with Crippen LogP contribution in [-0.4, -0.2) is 4.98 Å². The summed E-state index contributed by atoms with van der Waals surface area (Å²) >= 11 is 0. The second-order valence-electron chi connectivity index (χ2n) is 3.14. The van der Waals surface area contributed by atoms with Gasteiger partial charge >= 0.3 is 0 Å². The summed E-state index contributed by atoms with van der Waals surface area (Å²) in [6, 6.07) is 5.66. The van der Waals surface area contributed by atoms with Gasteiger partial charge < -0.3 is 5.21 Å². The molecule has 13 heavy (non-hydrogen) atoms. The molecule has 0 fully saturated rings. The van der Waals surface area contributed by atoms with Crippen LogP contribution in [-0.2, 0) is 0 Å². The van der Waals surface area contributed by atoms with Crippen LogP contribution in [0.5, 0.6) is 0 Å². The van der Waals surface area contributed by atoms with Crippen LogP contribution in [0, 0.1) is 19.1 Å². The zero-order valence-corrected chi connectivity index (χ0v) is 7.61. The number of aromatic nitrogens is 2. The van der Waals surface area contributed by atoms with Gasteiger partial charge in [-0.05, 0) is 13.0 Å². The van der Waals surface area contributed by atoms with Crippen molar-refractivity contribution in [1.82, 2.24) is 4.98 Å². The fourth-order valence-corrected chi connectivity index (χ4v) is 1.40. The lowest BCUT2D eigenvalue weighted by molar-refractivity contribution is -0.584. The summed E-state index contributed by atoms with van der Waals surface area (Å²) in [6.45, 7) is 3.67. The highest BCUT2D eigenvalue weighted by Crippen LogP contribution is 2.11. The fourth-order valence-electron chi connectivity index (χ4n) is 1.40. The topological polar surface area (TPSA) is 39.8 Å². The number of hydrogen-bond donors (Lipinski definition) is 0. The van der Waals surface area contributed by atoms with Crippen LogP contribution < -0.4 is 4.73 Å². The van der Waals surface area contributed by atoms with Crippen molar-refractivity contribution < 1.29 is 4.73 Å². The van der Waals surface area contributed by atoms with Crippen molar-refractivity contribution in [3.05, 3.63) is 40.9 Å². The molecule has 0 spiro atoms. The van der Waals surface area contributed by atoms with Crippen molar-refractivity contribution in [2.24, 2.45) is 0 Å². The Morgan fingerprint density at radius 2 is 2.08 bits per heavy atom. The Kier molecular flexibility index (Phi) is 1.65. The summed E-state index contributed by atoms with van der Waals surface area (Å²) in [5, 5.41) is 11.6. The molecule has 0 atom stereocenters. The molecule has 0 bridgehead atoms. The molecule has 3 nitrogen and oxygen atoms in total. The van der Waals surface area contributed by atoms with Crippen molar-refractivity contribution >= 4 is 11.0 Å². The second kappa shape index (κ2) is 2.69. The first kappa shape index (κ1) is 7.98. The van der Waals surface area contributed by atoms with Crippen LogP contribution in [0.15, 0.2) is 24.4 Å². The monoisotopic (exact) mass is 174 g/mol. The van der Waals surface area contributed by atoms with E-state index in [0.29, 0.717) is 11.2 Å². The van der Waals surface area contributed by atoms with E-state index >= 15 is 0 Å². The Morgan fingerprint density at radius 1 is 1.31 bits per heavy atom. The van der Waals surface area contributed by atoms with Crippen LogP contribution in [0.4, 0.5) is 0 Å². The Hall–Kier alpha value is -1.64. The van der Waals surface area contributed by atoms with Crippen LogP contribution in [0.1, 0.15) is 11.3 Å². The van der Waals surface area contributed by atoms with E-state index in [-0.39, 0.29) is 0 Å². The highest BCUT2D eigenvalue weighted by molar-refractivity contribution is 5.74. The summed E-state index contributed by atoms with van der Waals surface area (Å²) < 4.78 is 0.928. The second-order valence-corrected chi connectivity index (χ2v) is 3.14. The molecular formula is C10H10N2O. The number of fused-ring (bicyclic) bond motifs is 1. The minimum atomic E-state index is 0.627. The molecule has 0 aliphatic carbocycles. The number of nitrogens with zero attached hydrogens (tertiary/aromatic N) is 2. The van der Waals surface area contributed by atoms with Crippen molar-refractivity contribution in [3.8, 4) is 0 Å². The fraction of sp³-hybridized carbons (Fsp3) is 0.200. The maximum absolute atomic E-state index is 11.6. The van der Waals surface area contributed by atoms with Gasteiger partial charge in [0.2, 0.25) is 11.2 Å². The van der Waals surface area contributed by atoms with E-state index in [1.807, 2.05) is 25.1 Å². The van der Waals surface area contributed by atoms with Crippen LogP contribution in [0.25, 0.3) is 11.0 Å². The lowest BCUT2D eigenvalue weighted by atomic mass is 10.2. The summed E-state index contributed by atoms with van der Waals surface area (Å²) in [6.07, 6.45) is 1.59. The Morgan fingerprint density at radius 3 is 2.85 bits per heavy atom. The Balaban J connectivity index is 2.97. The maximum atomic E-state index is 11.6. The number of aryl methyl sites for hydroxylation is 2. The molecule has 0 saturated heterocycles. The predicted octanol–water partition coefficient (Wildman–Crippen LogP) is 1.49. The molecule has 0 radical (unpaired) electrons. The van der Waals surface area contributed by atoms with Gasteiger partial charge in [0.25, 0.3) is 0 Å². The van der Waals surface area contributed by atoms with Gasteiger partial charge in [0.15, 0.2) is 0 Å². The van der Waals surface area contributed by atoms with E-state index in [9.17, 15) is 5.21 Å². The molecule has 2 aromatic rings. The molecule has 0 N–H and O–H groups in total. The van der Waals surface area contributed by atoms with Crippen molar-refractivity contribution in [3.63, 3.8) is 0 Å². The quantitative estimate of drug-likeness (QED) is 0.448. The predicted molar refractivity (Wildman–Crippen MR) is 50.2 cm³/mol. The van der Waals surface area contributed by atoms with Crippen LogP contribution in [0.2, 0.25) is 0 Å². The Labute approximate surface area is 76.2 Å². The molecule has 2 rings (SSSR count). The standard InChI is InChI=1S/C10H10N2O/c1-7-4-3-5-9-10(7)12(13)8(2)6-11-9/h3-6H,1-2H3. The van der Waals surface area contributed by atoms with E-state index in [4.69, 9.17) is 0 Å². The van der Waals surface area contributed by atoms with Gasteiger partial charge in [0.1, 0.15) is 5.52 Å². The first-order valence-corrected chi connectivity index (χ1v) is 4.14. The van der Waals surface area contributed by atoms with Crippen molar-refractivity contribution in [2.45, 2.75) is 13.8 Å². The summed E-state index contributed by atoms with van der Waals surface area (Å²) in [4.78, 5) is 4.18. The number of para-hydroxylation sites is 1. The largest absolute Gasteiger partial charge is 0.618 e. The normalized spacial score (nSPS) is 10.6. The highest BCUT2D eigenvalue weighted by atomic mass is 16.5. The first-order valence-electron chi connectivity index (χ1n) is 4.14. The third-order valence-corrected chi connectivity index (χ3v) is 2.13. The summed E-state index contributed by atoms with van der Waals surface area (Å²) in [5.41, 5.74) is 3.01. The van der Waals surface area contributed by atoms with Crippen molar-refractivity contribution in [1.29, 1.82) is 0 Å². The minimum Gasteiger partial charge on any atom is -0.618 e. The molecule has 0 unspecified atom stereocenters. The number of benzene rings is 1. The SMILES string of the molecule is Cc1cccc2ncc(C)[n+]([O-])c12. The lowest BCUT2D eigenvalue weighted by Crippen LogP contribution is -2.31. The van der Waals surface area contributed by atoms with E-state index in [2.05, 4.69) is 4.98 Å². The number of hydrogen-bond acceptors (Lipinski definition) is 2. The van der Waals surface area contributed by atoms with E-state index < -0.39 is 0 Å². The molecule has 1 aromatic carbocycles. The van der Waals surface area contributed by atoms with Crippen LogP contribution >= 0.6 is 0 Å². The van der Waals surface area contributed by atoms with Gasteiger partial charge in [0.05, 0.1) is 6.20 Å². The van der Waals surface area contributed by atoms with E-state index in [1.165, 1.54) is 0 Å². The molecule has 1 aromatic heterocycles. The van der Waals surface area contributed by atoms with Gasteiger partial charge in [-0.2, -0.15) is 4.73 Å². The minimum absolute atomic E-state index is 0.627. The lowest BCUT2D eigenvalue weighted by Gasteiger charge is -2.05. The average molecular weight is 174 g/mol. The highest BCUT2D eigenvalue weighted by Gasteiger charge is 2.09. The maximum Gasteiger partial charge on any atom is 0.245 e. The zero-order valence-electron chi connectivity index (χ0n) is 7.61. The van der Waals surface area contributed by atoms with Gasteiger partial charge in [-0.25, -0.2) is 4.98 Å². The Bertz CT molecular complexity index is 466. The van der Waals surface area contributed by atoms with Gasteiger partial charge in [-0.15, -0.1) is 0 Å². The zero-order chi connectivity index (χ0) is 9.42. The summed E-state index contributed by atoms with van der Waals surface area (Å²) in [7, 11) is 0. The molecule has 3 heteroatoms. The van der Waals surface area contributed by atoms with E-state index in [0.717, 1.165) is 15.8 Å². The molecule has 66 valence electrons. The van der Waals surface area contributed by atoms with Gasteiger partial charge in [-0.1, -0.05) is 12.1 Å². The summed E-state index contributed by atoms with van der Waals surface area (Å²) in [5.74, 6) is 0. The molecule has 0 saturated carbocycles. The third kappa shape index (κ3) is 1.13. The van der Waals surface area contributed by atoms with Gasteiger partial charge in [0, 0.05) is 12.5 Å². The third-order valence-electron chi connectivity index (χ3n) is 2.13. The van der Waals surface area contributed by atoms with Crippen molar-refractivity contribution in [2.75, 3.05) is 0 Å². The van der Waals surface area contributed by atoms with E-state index in [1.54, 1.807) is 13.1 Å². The smallest absolute Gasteiger partial charge is 0.245 e. The van der Waals surface area contributed by atoms with Crippen LogP contribution in [0.3, 0.4) is 0 Å². The first-order chi connectivity index (χ1) is 6.20. The molecule has 0 amide bonds. The average Bonchev–Trinajstić information content (AvgIpc) is 2.12. The molecule has 1 heterocycles. The molecular weight excluding hydrogens is 164 g/mol. The molecule has 0 aliphatic rings. The number of rotatable bonds is 0.